The molecule has 0 bridgehead atoms. The molecular formula is C8H7BrOZn. The molecule has 0 spiro atoms. The van der Waals surface area contributed by atoms with Gasteiger partial charge in [0.2, 0.25) is 0 Å². The van der Waals surface area contributed by atoms with Crippen molar-refractivity contribution in [2.45, 2.75) is 6.42 Å². The molecule has 0 aromatic heterocycles. The van der Waals surface area contributed by atoms with Crippen molar-refractivity contribution in [2.24, 2.45) is 0 Å². The van der Waals surface area contributed by atoms with Gasteiger partial charge in [-0.15, -0.1) is 11.6 Å². The third-order valence-corrected chi connectivity index (χ3v) is 1.53. The summed E-state index contributed by atoms with van der Waals surface area (Å²) >= 11 is 4.25. The monoisotopic (exact) mass is 262 g/mol. The molecule has 0 N–H and O–H groups in total. The van der Waals surface area contributed by atoms with Gasteiger partial charge in [0, 0.05) is 5.75 Å². The van der Waals surface area contributed by atoms with E-state index in [4.69, 9.17) is 4.74 Å². The van der Waals surface area contributed by atoms with Crippen LogP contribution in [0.1, 0.15) is 5.56 Å². The summed E-state index contributed by atoms with van der Waals surface area (Å²) in [7, 11) is 0. The minimum absolute atomic E-state index is 0.840. The maximum absolute atomic E-state index is 5.28. The number of benzene rings is 1. The summed E-state index contributed by atoms with van der Waals surface area (Å²) in [5.74, 6) is 1.04. The number of fused-ring (bicyclic) bond motifs is 1. The Bertz CT molecular complexity index is 204. The Morgan fingerprint density at radius 2 is 2.36 bits per heavy atom. The summed E-state index contributed by atoms with van der Waals surface area (Å²) in [6.45, 7) is 0.840. The van der Waals surface area contributed by atoms with Crippen molar-refractivity contribution in [3.63, 3.8) is 0 Å². The molecule has 1 aliphatic heterocycles. The van der Waals surface area contributed by atoms with E-state index >= 15 is 0 Å². The first-order valence-corrected chi connectivity index (χ1v) is 10.3. The SMILES string of the molecule is [Zn+][Br].[c-]1ccc2c(c1)CCO2. The summed E-state index contributed by atoms with van der Waals surface area (Å²) in [5, 5.41) is 0. The molecule has 3 heteroatoms. The Morgan fingerprint density at radius 1 is 1.55 bits per heavy atom. The zero-order valence-electron chi connectivity index (χ0n) is 6.14. The van der Waals surface area contributed by atoms with Crippen molar-refractivity contribution in [1.82, 2.24) is 0 Å². The van der Waals surface area contributed by atoms with Crippen LogP contribution in [0.5, 0.6) is 5.75 Å². The first-order chi connectivity index (χ1) is 5.47. The van der Waals surface area contributed by atoms with Gasteiger partial charge in [0.05, 0.1) is 6.61 Å². The average Bonchev–Trinajstić information content (AvgIpc) is 2.55. The standard InChI is InChI=1S/C8H7O.BrH.Zn/c1-2-4-8-7(3-1)5-6-9-8;;/h2-4H,5-6H2;1H;/q-1;;+2/p-1. The molecule has 0 fully saturated rings. The molecule has 1 aromatic carbocycles. The van der Waals surface area contributed by atoms with Crippen molar-refractivity contribution in [2.75, 3.05) is 6.61 Å². The molecule has 1 aliphatic rings. The van der Waals surface area contributed by atoms with Crippen molar-refractivity contribution in [3.05, 3.63) is 29.8 Å². The van der Waals surface area contributed by atoms with E-state index in [2.05, 4.69) is 19.7 Å². The third kappa shape index (κ3) is 2.28. The van der Waals surface area contributed by atoms with Gasteiger partial charge in [-0.25, -0.2) is 0 Å². The molecule has 0 atom stereocenters. The van der Waals surface area contributed by atoms with E-state index in [9.17, 15) is 0 Å². The van der Waals surface area contributed by atoms with Crippen LogP contribution in [-0.4, -0.2) is 6.61 Å². The normalized spacial score (nSPS) is 12.6. The van der Waals surface area contributed by atoms with Crippen LogP contribution < -0.4 is 4.74 Å². The predicted octanol–water partition coefficient (Wildman–Crippen LogP) is 2.26. The van der Waals surface area contributed by atoms with E-state index in [1.165, 1.54) is 21.9 Å². The molecular weight excluding hydrogens is 257 g/mol. The second kappa shape index (κ2) is 4.89. The van der Waals surface area contributed by atoms with Gasteiger partial charge in [-0.3, -0.25) is 0 Å². The fraction of sp³-hybridized carbons (Fsp3) is 0.250. The molecule has 0 radical (unpaired) electrons. The maximum atomic E-state index is 5.28. The average molecular weight is 264 g/mol. The second-order valence-corrected chi connectivity index (χ2v) is 2.13. The van der Waals surface area contributed by atoms with Gasteiger partial charge in [-0.2, -0.15) is 18.2 Å². The summed E-state index contributed by atoms with van der Waals surface area (Å²) in [6.07, 6.45) is 1.05. The van der Waals surface area contributed by atoms with E-state index in [0.717, 1.165) is 18.8 Å². The molecule has 0 unspecified atom stereocenters. The number of hydrogen-bond donors (Lipinski definition) is 0. The first kappa shape index (κ1) is 9.21. The van der Waals surface area contributed by atoms with Crippen LogP contribution in [-0.2, 0) is 22.8 Å². The smallest absolute Gasteiger partial charge is 0.0788 e. The van der Waals surface area contributed by atoms with Gasteiger partial charge in [0.25, 0.3) is 0 Å². The summed E-state index contributed by atoms with van der Waals surface area (Å²) in [4.78, 5) is 0. The predicted molar refractivity (Wildman–Crippen MR) is 43.4 cm³/mol. The minimum Gasteiger partial charge on any atom is -0.519 e. The molecule has 0 saturated carbocycles. The van der Waals surface area contributed by atoms with Crippen LogP contribution >= 0.6 is 13.6 Å². The maximum Gasteiger partial charge on any atom is 0.0788 e. The number of rotatable bonds is 0. The molecule has 2 rings (SSSR count). The van der Waals surface area contributed by atoms with E-state index in [1.54, 1.807) is 0 Å². The number of ether oxygens (including phenoxy) is 1. The Labute approximate surface area is 83.2 Å². The Kier molecular flexibility index (Phi) is 4.10. The fourth-order valence-corrected chi connectivity index (χ4v) is 1.06. The van der Waals surface area contributed by atoms with Crippen LogP contribution in [0.15, 0.2) is 18.2 Å². The molecule has 54 valence electrons. The molecule has 11 heavy (non-hydrogen) atoms. The third-order valence-electron chi connectivity index (χ3n) is 1.53. The molecule has 1 nitrogen and oxygen atoms in total. The van der Waals surface area contributed by atoms with Crippen LogP contribution in [0.2, 0.25) is 0 Å². The van der Waals surface area contributed by atoms with Crippen LogP contribution in [0.4, 0.5) is 0 Å². The Hall–Kier alpha value is 0.123. The quantitative estimate of drug-likeness (QED) is 0.516. The Morgan fingerprint density at radius 3 is 3.09 bits per heavy atom. The molecule has 1 heterocycles. The van der Waals surface area contributed by atoms with E-state index in [-0.39, 0.29) is 0 Å². The van der Waals surface area contributed by atoms with E-state index in [0.29, 0.717) is 0 Å². The summed E-state index contributed by atoms with van der Waals surface area (Å²) in [5.41, 5.74) is 1.29. The molecule has 0 saturated heterocycles. The fourth-order valence-electron chi connectivity index (χ4n) is 1.06. The number of hydrogen-bond acceptors (Lipinski definition) is 1. The van der Waals surface area contributed by atoms with Gasteiger partial charge in [0.1, 0.15) is 0 Å². The van der Waals surface area contributed by atoms with Gasteiger partial charge in [0.15, 0.2) is 0 Å². The van der Waals surface area contributed by atoms with Gasteiger partial charge < -0.3 is 4.74 Å². The van der Waals surface area contributed by atoms with Crippen LogP contribution in [0.3, 0.4) is 0 Å². The van der Waals surface area contributed by atoms with Crippen molar-refractivity contribution < 1.29 is 21.1 Å². The number of halogens is 1. The van der Waals surface area contributed by atoms with Crippen molar-refractivity contribution in [3.8, 4) is 5.75 Å². The molecule has 0 aliphatic carbocycles. The molecule has 1 aromatic rings. The largest absolute Gasteiger partial charge is 0.519 e. The topological polar surface area (TPSA) is 9.23 Å². The van der Waals surface area contributed by atoms with E-state index < -0.39 is 0 Å². The molecule has 0 amide bonds. The van der Waals surface area contributed by atoms with E-state index in [1.807, 2.05) is 18.2 Å². The second-order valence-electron chi connectivity index (χ2n) is 2.13. The summed E-state index contributed by atoms with van der Waals surface area (Å²) < 4.78 is 5.28. The zero-order chi connectivity index (χ0) is 8.10. The van der Waals surface area contributed by atoms with Crippen LogP contribution in [0, 0.1) is 6.07 Å². The summed E-state index contributed by atoms with van der Waals surface area (Å²) in [6, 6.07) is 8.84. The minimum atomic E-state index is 0.840. The zero-order valence-corrected chi connectivity index (χ0v) is 10.7. The van der Waals surface area contributed by atoms with Crippen molar-refractivity contribution in [1.29, 1.82) is 0 Å². The van der Waals surface area contributed by atoms with Crippen molar-refractivity contribution >= 4 is 13.6 Å². The van der Waals surface area contributed by atoms with Crippen LogP contribution in [0.25, 0.3) is 0 Å². The first-order valence-electron chi connectivity index (χ1n) is 3.35. The Balaban J connectivity index is 0.000000281. The van der Waals surface area contributed by atoms with Gasteiger partial charge >= 0.3 is 30.0 Å². The van der Waals surface area contributed by atoms with Gasteiger partial charge in [-0.05, 0) is 6.42 Å². The van der Waals surface area contributed by atoms with Gasteiger partial charge in [-0.1, -0.05) is 0 Å².